The van der Waals surface area contributed by atoms with Gasteiger partial charge in [-0.2, -0.15) is 5.10 Å². The summed E-state index contributed by atoms with van der Waals surface area (Å²) in [5.74, 6) is 0.865. The van der Waals surface area contributed by atoms with E-state index in [0.29, 0.717) is 22.2 Å². The molecule has 0 radical (unpaired) electrons. The fraction of sp³-hybridized carbons (Fsp3) is 0.286. The molecular weight excluding hydrogens is 405 g/mol. The van der Waals surface area contributed by atoms with E-state index in [2.05, 4.69) is 39.9 Å². The van der Waals surface area contributed by atoms with Crippen LogP contribution in [0.5, 0.6) is 5.75 Å². The molecular formula is C14H15ClIN3O2. The SMILES string of the molecule is CCCn1nccc1NC(=O)c1cc(Cl)c(I)cc1OC. The number of rotatable bonds is 5. The molecule has 1 aromatic carbocycles. The maximum atomic E-state index is 12.4. The normalized spacial score (nSPS) is 10.5. The average Bonchev–Trinajstić information content (AvgIpc) is 2.89. The number of hydrogen-bond acceptors (Lipinski definition) is 3. The molecule has 0 fully saturated rings. The molecule has 1 N–H and O–H groups in total. The molecule has 2 aromatic rings. The second-order valence-corrected chi connectivity index (χ2v) is 5.93. The Hall–Kier alpha value is -1.28. The van der Waals surface area contributed by atoms with Crippen molar-refractivity contribution in [3.8, 4) is 5.75 Å². The van der Waals surface area contributed by atoms with Crippen LogP contribution in [-0.4, -0.2) is 22.8 Å². The highest BCUT2D eigenvalue weighted by Crippen LogP contribution is 2.28. The third kappa shape index (κ3) is 3.68. The lowest BCUT2D eigenvalue weighted by Crippen LogP contribution is -2.17. The first kappa shape index (κ1) is 16.1. The number of nitrogens with one attached hydrogen (secondary N) is 1. The molecule has 0 spiro atoms. The summed E-state index contributed by atoms with van der Waals surface area (Å²) in [6.45, 7) is 2.79. The molecule has 7 heteroatoms. The van der Waals surface area contributed by atoms with Crippen molar-refractivity contribution < 1.29 is 9.53 Å². The van der Waals surface area contributed by atoms with Gasteiger partial charge >= 0.3 is 0 Å². The Balaban J connectivity index is 2.28. The summed E-state index contributed by atoms with van der Waals surface area (Å²) in [7, 11) is 1.53. The highest BCUT2D eigenvalue weighted by atomic mass is 127. The summed E-state index contributed by atoms with van der Waals surface area (Å²) in [5, 5.41) is 7.52. The summed E-state index contributed by atoms with van der Waals surface area (Å²) < 4.78 is 7.83. The monoisotopic (exact) mass is 419 g/mol. The maximum absolute atomic E-state index is 12.4. The Morgan fingerprint density at radius 3 is 2.95 bits per heavy atom. The van der Waals surface area contributed by atoms with Crippen LogP contribution >= 0.6 is 34.2 Å². The fourth-order valence-corrected chi connectivity index (χ4v) is 2.49. The van der Waals surface area contributed by atoms with Crippen molar-refractivity contribution >= 4 is 45.9 Å². The molecule has 1 amide bonds. The number of carbonyl (C=O) groups is 1. The van der Waals surface area contributed by atoms with Gasteiger partial charge in [-0.1, -0.05) is 18.5 Å². The van der Waals surface area contributed by atoms with Crippen molar-refractivity contribution in [2.75, 3.05) is 12.4 Å². The van der Waals surface area contributed by atoms with Gasteiger partial charge in [-0.25, -0.2) is 4.68 Å². The van der Waals surface area contributed by atoms with Gasteiger partial charge in [0.1, 0.15) is 11.6 Å². The van der Waals surface area contributed by atoms with Crippen LogP contribution in [0, 0.1) is 3.57 Å². The second kappa shape index (κ2) is 7.13. The molecule has 0 saturated heterocycles. The van der Waals surface area contributed by atoms with Gasteiger partial charge in [0, 0.05) is 16.2 Å². The van der Waals surface area contributed by atoms with E-state index in [0.717, 1.165) is 16.5 Å². The van der Waals surface area contributed by atoms with Crippen molar-refractivity contribution in [1.82, 2.24) is 9.78 Å². The van der Waals surface area contributed by atoms with E-state index in [1.165, 1.54) is 7.11 Å². The third-order valence-corrected chi connectivity index (χ3v) is 4.40. The minimum Gasteiger partial charge on any atom is -0.496 e. The summed E-state index contributed by atoms with van der Waals surface area (Å²) in [4.78, 5) is 12.4. The average molecular weight is 420 g/mol. The van der Waals surface area contributed by atoms with Crippen LogP contribution in [0.25, 0.3) is 0 Å². The van der Waals surface area contributed by atoms with Crippen molar-refractivity contribution in [2.24, 2.45) is 0 Å². The molecule has 0 saturated carbocycles. The van der Waals surface area contributed by atoms with Gasteiger partial charge in [-0.05, 0) is 41.1 Å². The van der Waals surface area contributed by atoms with E-state index in [4.69, 9.17) is 16.3 Å². The van der Waals surface area contributed by atoms with E-state index in [1.807, 2.05) is 0 Å². The number of hydrogen-bond donors (Lipinski definition) is 1. The lowest BCUT2D eigenvalue weighted by molar-refractivity contribution is 0.102. The number of anilines is 1. The zero-order valence-corrected chi connectivity index (χ0v) is 14.6. The van der Waals surface area contributed by atoms with Gasteiger partial charge < -0.3 is 10.1 Å². The van der Waals surface area contributed by atoms with Gasteiger partial charge in [0.05, 0.1) is 23.9 Å². The van der Waals surface area contributed by atoms with Crippen LogP contribution in [0.2, 0.25) is 5.02 Å². The van der Waals surface area contributed by atoms with E-state index >= 15 is 0 Å². The number of aromatic nitrogens is 2. The lowest BCUT2D eigenvalue weighted by atomic mass is 10.2. The molecule has 0 aliphatic carbocycles. The first-order valence-corrected chi connectivity index (χ1v) is 7.88. The number of nitrogens with zero attached hydrogens (tertiary/aromatic N) is 2. The number of aryl methyl sites for hydroxylation is 1. The standard InChI is InChI=1S/C14H15ClIN3O2/c1-3-6-19-13(4-5-17-19)18-14(20)9-7-10(15)11(16)8-12(9)21-2/h4-5,7-8H,3,6H2,1-2H3,(H,18,20). The van der Waals surface area contributed by atoms with E-state index < -0.39 is 0 Å². The maximum Gasteiger partial charge on any atom is 0.260 e. The summed E-state index contributed by atoms with van der Waals surface area (Å²) >= 11 is 8.18. The van der Waals surface area contributed by atoms with E-state index in [1.54, 1.807) is 29.1 Å². The van der Waals surface area contributed by atoms with Gasteiger partial charge in [-0.3, -0.25) is 4.79 Å². The minimum absolute atomic E-state index is 0.275. The molecule has 21 heavy (non-hydrogen) atoms. The molecule has 1 aromatic heterocycles. The number of carbonyl (C=O) groups excluding carboxylic acids is 1. The number of amides is 1. The molecule has 0 unspecified atom stereocenters. The van der Waals surface area contributed by atoms with Crippen LogP contribution in [0.3, 0.4) is 0 Å². The number of halogens is 2. The van der Waals surface area contributed by atoms with E-state index in [9.17, 15) is 4.79 Å². The molecule has 0 aliphatic heterocycles. The molecule has 0 atom stereocenters. The minimum atomic E-state index is -0.275. The quantitative estimate of drug-likeness (QED) is 0.750. The molecule has 1 heterocycles. The van der Waals surface area contributed by atoms with Crippen LogP contribution in [0.1, 0.15) is 23.7 Å². The Kier molecular flexibility index (Phi) is 5.46. The molecule has 0 bridgehead atoms. The molecule has 2 rings (SSSR count). The first-order valence-electron chi connectivity index (χ1n) is 6.43. The van der Waals surface area contributed by atoms with Crippen molar-refractivity contribution in [1.29, 1.82) is 0 Å². The van der Waals surface area contributed by atoms with Gasteiger partial charge in [-0.15, -0.1) is 0 Å². The summed E-state index contributed by atoms with van der Waals surface area (Å²) in [6, 6.07) is 5.10. The molecule has 112 valence electrons. The van der Waals surface area contributed by atoms with Crippen molar-refractivity contribution in [3.05, 3.63) is 38.6 Å². The van der Waals surface area contributed by atoms with Crippen LogP contribution in [0.15, 0.2) is 24.4 Å². The Morgan fingerprint density at radius 1 is 1.52 bits per heavy atom. The Morgan fingerprint density at radius 2 is 2.29 bits per heavy atom. The highest BCUT2D eigenvalue weighted by Gasteiger charge is 2.16. The topological polar surface area (TPSA) is 56.2 Å². The zero-order valence-electron chi connectivity index (χ0n) is 11.7. The summed E-state index contributed by atoms with van der Waals surface area (Å²) in [6.07, 6.45) is 2.59. The van der Waals surface area contributed by atoms with Gasteiger partial charge in [0.2, 0.25) is 0 Å². The second-order valence-electron chi connectivity index (χ2n) is 4.36. The zero-order chi connectivity index (χ0) is 15.4. The third-order valence-electron chi connectivity index (χ3n) is 2.88. The predicted octanol–water partition coefficient (Wildman–Crippen LogP) is 3.81. The highest BCUT2D eigenvalue weighted by molar-refractivity contribution is 14.1. The molecule has 5 nitrogen and oxygen atoms in total. The first-order chi connectivity index (χ1) is 10.1. The summed E-state index contributed by atoms with van der Waals surface area (Å²) in [5.41, 5.74) is 0.396. The van der Waals surface area contributed by atoms with Gasteiger partial charge in [0.15, 0.2) is 0 Å². The van der Waals surface area contributed by atoms with Gasteiger partial charge in [0.25, 0.3) is 5.91 Å². The molecule has 0 aliphatic rings. The van der Waals surface area contributed by atoms with Crippen LogP contribution in [0.4, 0.5) is 5.82 Å². The number of methoxy groups -OCH3 is 1. The fourth-order valence-electron chi connectivity index (χ4n) is 1.89. The predicted molar refractivity (Wildman–Crippen MR) is 91.2 cm³/mol. The van der Waals surface area contributed by atoms with Crippen molar-refractivity contribution in [2.45, 2.75) is 19.9 Å². The van der Waals surface area contributed by atoms with Crippen LogP contribution < -0.4 is 10.1 Å². The lowest BCUT2D eigenvalue weighted by Gasteiger charge is -2.12. The smallest absolute Gasteiger partial charge is 0.260 e. The van der Waals surface area contributed by atoms with Crippen LogP contribution in [-0.2, 0) is 6.54 Å². The largest absolute Gasteiger partial charge is 0.496 e. The number of benzene rings is 1. The van der Waals surface area contributed by atoms with E-state index in [-0.39, 0.29) is 5.91 Å². The van der Waals surface area contributed by atoms with Crippen molar-refractivity contribution in [3.63, 3.8) is 0 Å². The Labute approximate surface area is 141 Å². The Bertz CT molecular complexity index is 658. The number of ether oxygens (including phenoxy) is 1.